The topological polar surface area (TPSA) is 33.4 Å². The second-order valence-corrected chi connectivity index (χ2v) is 5.05. The Morgan fingerprint density at radius 3 is 2.62 bits per heavy atom. The van der Waals surface area contributed by atoms with Gasteiger partial charge in [-0.05, 0) is 24.6 Å². The third-order valence-corrected chi connectivity index (χ3v) is 4.40. The summed E-state index contributed by atoms with van der Waals surface area (Å²) >= 11 is 3.51. The maximum atomic E-state index is 9.72. The summed E-state index contributed by atoms with van der Waals surface area (Å²) in [6, 6.07) is 3.61. The average molecular weight is 218 g/mol. The van der Waals surface area contributed by atoms with Gasteiger partial charge in [-0.25, -0.2) is 0 Å². The average Bonchev–Trinajstić information content (AvgIpc) is 2.66. The second-order valence-electron chi connectivity index (χ2n) is 2.67. The van der Waals surface area contributed by atoms with Gasteiger partial charge in [0.15, 0.2) is 0 Å². The molecule has 1 unspecified atom stereocenters. The molecule has 0 bridgehead atoms. The Hall–Kier alpha value is -0.0600. The predicted octanol–water partition coefficient (Wildman–Crippen LogP) is 2.76. The van der Waals surface area contributed by atoms with Gasteiger partial charge < -0.3 is 9.52 Å². The van der Waals surface area contributed by atoms with Gasteiger partial charge in [-0.3, -0.25) is 0 Å². The lowest BCUT2D eigenvalue weighted by molar-refractivity contribution is 0.145. The highest BCUT2D eigenvalue weighted by atomic mass is 32.2. The first kappa shape index (κ1) is 11.0. The van der Waals surface area contributed by atoms with E-state index in [1.54, 1.807) is 35.9 Å². The first-order valence-electron chi connectivity index (χ1n) is 4.05. The third kappa shape index (κ3) is 3.29. The van der Waals surface area contributed by atoms with Crippen LogP contribution in [-0.2, 0) is 0 Å². The number of thioether (sulfide) groups is 2. The van der Waals surface area contributed by atoms with Crippen LogP contribution in [0.15, 0.2) is 22.8 Å². The van der Waals surface area contributed by atoms with Crippen LogP contribution in [0.25, 0.3) is 0 Å². The fraction of sp³-hybridized carbons (Fsp3) is 0.556. The maximum absolute atomic E-state index is 9.72. The molecule has 0 aliphatic rings. The van der Waals surface area contributed by atoms with E-state index >= 15 is 0 Å². The standard InChI is InChI=1S/C9H14O2S2/c1-12-9(13-2)6-7(10)8-4-3-5-11-8/h3-5,7,9-10H,6H2,1-2H3. The first-order valence-corrected chi connectivity index (χ1v) is 6.62. The lowest BCUT2D eigenvalue weighted by atomic mass is 10.2. The van der Waals surface area contributed by atoms with Crippen LogP contribution in [0.3, 0.4) is 0 Å². The lowest BCUT2D eigenvalue weighted by Gasteiger charge is -2.14. The van der Waals surface area contributed by atoms with Crippen molar-refractivity contribution in [2.45, 2.75) is 17.1 Å². The Balaban J connectivity index is 2.45. The van der Waals surface area contributed by atoms with Crippen molar-refractivity contribution < 1.29 is 9.52 Å². The summed E-state index contributed by atoms with van der Waals surface area (Å²) in [5, 5.41) is 9.72. The van der Waals surface area contributed by atoms with Crippen molar-refractivity contribution in [2.24, 2.45) is 0 Å². The predicted molar refractivity (Wildman–Crippen MR) is 59.1 cm³/mol. The fourth-order valence-corrected chi connectivity index (χ4v) is 2.59. The zero-order valence-corrected chi connectivity index (χ0v) is 9.40. The molecular weight excluding hydrogens is 204 g/mol. The molecule has 0 aromatic carbocycles. The number of aliphatic hydroxyl groups excluding tert-OH is 1. The van der Waals surface area contributed by atoms with E-state index in [9.17, 15) is 5.11 Å². The molecule has 74 valence electrons. The molecule has 4 heteroatoms. The van der Waals surface area contributed by atoms with E-state index in [1.165, 1.54) is 0 Å². The van der Waals surface area contributed by atoms with E-state index in [4.69, 9.17) is 4.42 Å². The SMILES string of the molecule is CSC(CC(O)c1ccco1)SC. The highest BCUT2D eigenvalue weighted by molar-refractivity contribution is 8.16. The summed E-state index contributed by atoms with van der Waals surface area (Å²) in [7, 11) is 0. The zero-order valence-electron chi connectivity index (χ0n) is 7.77. The molecule has 0 spiro atoms. The van der Waals surface area contributed by atoms with Gasteiger partial charge in [0.2, 0.25) is 0 Å². The fourth-order valence-electron chi connectivity index (χ4n) is 1.07. The van der Waals surface area contributed by atoms with E-state index in [0.717, 1.165) is 6.42 Å². The minimum absolute atomic E-state index is 0.431. The van der Waals surface area contributed by atoms with Crippen LogP contribution in [0.2, 0.25) is 0 Å². The van der Waals surface area contributed by atoms with E-state index in [-0.39, 0.29) is 0 Å². The Bertz CT molecular complexity index is 220. The molecule has 2 nitrogen and oxygen atoms in total. The van der Waals surface area contributed by atoms with Crippen molar-refractivity contribution in [3.8, 4) is 0 Å². The van der Waals surface area contributed by atoms with Crippen molar-refractivity contribution in [2.75, 3.05) is 12.5 Å². The molecule has 0 saturated heterocycles. The monoisotopic (exact) mass is 218 g/mol. The Kier molecular flexibility index (Phi) is 4.77. The molecule has 0 fully saturated rings. The van der Waals surface area contributed by atoms with Crippen LogP contribution < -0.4 is 0 Å². The summed E-state index contributed by atoms with van der Waals surface area (Å²) in [5.41, 5.74) is 0. The van der Waals surface area contributed by atoms with Crippen LogP contribution >= 0.6 is 23.5 Å². The quantitative estimate of drug-likeness (QED) is 0.770. The minimum Gasteiger partial charge on any atom is -0.467 e. The summed E-state index contributed by atoms with van der Waals surface area (Å²) in [5.74, 6) is 0.660. The number of furan rings is 1. The first-order chi connectivity index (χ1) is 6.27. The molecule has 1 N–H and O–H groups in total. The summed E-state index contributed by atoms with van der Waals surface area (Å²) in [6.45, 7) is 0. The highest BCUT2D eigenvalue weighted by Crippen LogP contribution is 2.29. The molecular formula is C9H14O2S2. The van der Waals surface area contributed by atoms with Gasteiger partial charge >= 0.3 is 0 Å². The Labute approximate surface area is 87.1 Å². The van der Waals surface area contributed by atoms with Crippen LogP contribution in [0.1, 0.15) is 18.3 Å². The van der Waals surface area contributed by atoms with E-state index in [1.807, 2.05) is 6.07 Å². The van der Waals surface area contributed by atoms with Gasteiger partial charge in [0.1, 0.15) is 11.9 Å². The molecule has 0 radical (unpaired) electrons. The van der Waals surface area contributed by atoms with E-state index in [2.05, 4.69) is 12.5 Å². The molecule has 13 heavy (non-hydrogen) atoms. The number of rotatable bonds is 5. The second kappa shape index (κ2) is 5.62. The van der Waals surface area contributed by atoms with E-state index < -0.39 is 6.10 Å². The van der Waals surface area contributed by atoms with E-state index in [0.29, 0.717) is 10.3 Å². The van der Waals surface area contributed by atoms with Crippen LogP contribution in [0.4, 0.5) is 0 Å². The van der Waals surface area contributed by atoms with Crippen molar-refractivity contribution in [3.05, 3.63) is 24.2 Å². The van der Waals surface area contributed by atoms with Crippen LogP contribution in [-0.4, -0.2) is 22.2 Å². The highest BCUT2D eigenvalue weighted by Gasteiger charge is 2.15. The zero-order chi connectivity index (χ0) is 9.68. The maximum Gasteiger partial charge on any atom is 0.132 e. The molecule has 1 aromatic heterocycles. The number of hydrogen-bond acceptors (Lipinski definition) is 4. The summed E-state index contributed by atoms with van der Waals surface area (Å²) < 4.78 is 5.55. The van der Waals surface area contributed by atoms with Crippen molar-refractivity contribution >= 4 is 23.5 Å². The molecule has 1 rings (SSSR count). The summed E-state index contributed by atoms with van der Waals surface area (Å²) in [6.07, 6.45) is 5.95. The molecule has 0 aliphatic carbocycles. The number of hydrogen-bond donors (Lipinski definition) is 1. The molecule has 0 aliphatic heterocycles. The van der Waals surface area contributed by atoms with Crippen LogP contribution in [0, 0.1) is 0 Å². The van der Waals surface area contributed by atoms with Crippen LogP contribution in [0.5, 0.6) is 0 Å². The molecule has 1 atom stereocenters. The Morgan fingerprint density at radius 1 is 1.46 bits per heavy atom. The van der Waals surface area contributed by atoms with Gasteiger partial charge in [-0.15, -0.1) is 0 Å². The molecule has 1 aromatic rings. The molecule has 0 saturated carbocycles. The van der Waals surface area contributed by atoms with Crippen molar-refractivity contribution in [1.29, 1.82) is 0 Å². The number of aliphatic hydroxyl groups is 1. The largest absolute Gasteiger partial charge is 0.467 e. The molecule has 1 heterocycles. The normalized spacial score (nSPS) is 13.5. The van der Waals surface area contributed by atoms with Crippen molar-refractivity contribution in [3.63, 3.8) is 0 Å². The van der Waals surface area contributed by atoms with Gasteiger partial charge in [0, 0.05) is 6.42 Å². The minimum atomic E-state index is -0.472. The smallest absolute Gasteiger partial charge is 0.132 e. The van der Waals surface area contributed by atoms with Crippen molar-refractivity contribution in [1.82, 2.24) is 0 Å². The van der Waals surface area contributed by atoms with Gasteiger partial charge in [0.25, 0.3) is 0 Å². The lowest BCUT2D eigenvalue weighted by Crippen LogP contribution is -2.04. The van der Waals surface area contributed by atoms with Gasteiger partial charge in [0.05, 0.1) is 10.8 Å². The van der Waals surface area contributed by atoms with Gasteiger partial charge in [-0.2, -0.15) is 23.5 Å². The third-order valence-electron chi connectivity index (χ3n) is 1.81. The Morgan fingerprint density at radius 2 is 2.15 bits per heavy atom. The molecule has 0 amide bonds. The van der Waals surface area contributed by atoms with Gasteiger partial charge in [-0.1, -0.05) is 0 Å². The summed E-state index contributed by atoms with van der Waals surface area (Å²) in [4.78, 5) is 0.